The van der Waals surface area contributed by atoms with Gasteiger partial charge in [-0.2, -0.15) is 0 Å². The average molecular weight is 637 g/mol. The Morgan fingerprint density at radius 2 is 1.11 bits per heavy atom. The second-order valence-corrected chi connectivity index (χ2v) is 12.5. The number of hydrogen-bond acceptors (Lipinski definition) is 12. The van der Waals surface area contributed by atoms with Crippen LogP contribution in [0.1, 0.15) is 122 Å². The minimum atomic E-state index is -2.25. The highest BCUT2D eigenvalue weighted by Gasteiger charge is 2.59. The molecule has 44 heavy (non-hydrogen) atoms. The van der Waals surface area contributed by atoms with E-state index in [1.807, 2.05) is 0 Å². The molecular formula is C32H60O12. The van der Waals surface area contributed by atoms with Crippen LogP contribution in [0.15, 0.2) is 0 Å². The van der Waals surface area contributed by atoms with E-state index in [2.05, 4.69) is 6.92 Å². The number of rotatable bonds is 24. The summed E-state index contributed by atoms with van der Waals surface area (Å²) >= 11 is 0. The molecule has 260 valence electrons. The number of aliphatic hydroxyl groups is 7. The van der Waals surface area contributed by atoms with Crippen LogP contribution < -0.4 is 0 Å². The van der Waals surface area contributed by atoms with Gasteiger partial charge in [-0.1, -0.05) is 110 Å². The van der Waals surface area contributed by atoms with Crippen molar-refractivity contribution in [1.29, 1.82) is 0 Å². The maximum Gasteiger partial charge on any atom is 0.305 e. The van der Waals surface area contributed by atoms with E-state index in [1.165, 1.54) is 83.5 Å². The molecule has 12 nitrogen and oxygen atoms in total. The van der Waals surface area contributed by atoms with E-state index in [4.69, 9.17) is 18.9 Å². The Bertz CT molecular complexity index is 755. The fourth-order valence-electron chi connectivity index (χ4n) is 5.86. The molecular weight excluding hydrogens is 576 g/mol. The number of unbranched alkanes of at least 4 members (excludes halogenated alkanes) is 16. The fourth-order valence-corrected chi connectivity index (χ4v) is 5.86. The smallest absolute Gasteiger partial charge is 0.305 e. The van der Waals surface area contributed by atoms with Crippen LogP contribution in [-0.4, -0.2) is 116 Å². The molecule has 7 N–H and O–H groups in total. The highest BCUT2D eigenvalue weighted by molar-refractivity contribution is 5.69. The molecule has 2 aliphatic heterocycles. The normalized spacial score (nSPS) is 32.3. The van der Waals surface area contributed by atoms with Gasteiger partial charge in [0.1, 0.15) is 49.3 Å². The third-order valence-corrected chi connectivity index (χ3v) is 8.77. The number of hydrogen-bond donors (Lipinski definition) is 7. The van der Waals surface area contributed by atoms with Gasteiger partial charge in [0.2, 0.25) is 5.79 Å². The van der Waals surface area contributed by atoms with Crippen molar-refractivity contribution in [3.8, 4) is 0 Å². The molecule has 9 atom stereocenters. The van der Waals surface area contributed by atoms with Gasteiger partial charge in [0.25, 0.3) is 0 Å². The fraction of sp³-hybridized carbons (Fsp3) is 0.969. The maximum atomic E-state index is 12.5. The van der Waals surface area contributed by atoms with E-state index in [0.29, 0.717) is 6.42 Å². The van der Waals surface area contributed by atoms with Gasteiger partial charge in [-0.25, -0.2) is 0 Å². The molecule has 0 radical (unpaired) electrons. The molecule has 0 aliphatic carbocycles. The largest absolute Gasteiger partial charge is 0.460 e. The Kier molecular flexibility index (Phi) is 19.4. The van der Waals surface area contributed by atoms with Crippen LogP contribution in [0.2, 0.25) is 0 Å². The van der Waals surface area contributed by atoms with Gasteiger partial charge in [0, 0.05) is 6.42 Å². The summed E-state index contributed by atoms with van der Waals surface area (Å²) in [6, 6.07) is 0. The summed E-state index contributed by atoms with van der Waals surface area (Å²) in [5, 5.41) is 70.5. The monoisotopic (exact) mass is 636 g/mol. The molecule has 0 aromatic carbocycles. The molecule has 2 saturated heterocycles. The number of esters is 1. The average Bonchev–Trinajstić information content (AvgIpc) is 3.26. The topological polar surface area (TPSA) is 196 Å². The molecule has 0 spiro atoms. The molecule has 2 rings (SSSR count). The lowest BCUT2D eigenvalue weighted by atomic mass is 9.99. The minimum absolute atomic E-state index is 0.122. The van der Waals surface area contributed by atoms with Gasteiger partial charge < -0.3 is 54.7 Å². The summed E-state index contributed by atoms with van der Waals surface area (Å²) in [7, 11) is 0. The number of aliphatic hydroxyl groups excluding tert-OH is 7. The van der Waals surface area contributed by atoms with Crippen LogP contribution in [0.4, 0.5) is 0 Å². The van der Waals surface area contributed by atoms with E-state index < -0.39 is 80.6 Å². The standard InChI is InChI=1S/C32H60O12/c1-2-3-4-5-6-7-8-9-10-11-12-13-14-15-16-17-18-19-25(35)41-22-32(30(40)27(37)24(21-34)43-32)44-31-29(39)28(38)26(36)23(20-33)42-31/h23-24,26-31,33-34,36-40H,2-22H2,1H3/t23-,24-,26-,27-,28+,29-,30+,31-,32+/m1/s1. The Hall–Kier alpha value is -0.930. The molecule has 0 saturated carbocycles. The Labute approximate surface area is 262 Å². The third-order valence-electron chi connectivity index (χ3n) is 8.77. The molecule has 0 aromatic rings. The van der Waals surface area contributed by atoms with Gasteiger partial charge in [-0.3, -0.25) is 4.79 Å². The SMILES string of the molecule is CCCCCCCCCCCCCCCCCCCC(=O)OC[C@@]1(O[C@H]2O[C@H](CO)[C@@H](O)[C@H](O)[C@H]2O)O[C@H](CO)[C@@H](O)[C@@H]1O. The lowest BCUT2D eigenvalue weighted by molar-refractivity contribution is -0.383. The number of carbonyl (C=O) groups excluding carboxylic acids is 1. The Morgan fingerprint density at radius 1 is 0.636 bits per heavy atom. The minimum Gasteiger partial charge on any atom is -0.460 e. The number of carbonyl (C=O) groups is 1. The first kappa shape index (κ1) is 39.2. The summed E-state index contributed by atoms with van der Waals surface area (Å²) < 4.78 is 21.8. The first-order chi connectivity index (χ1) is 21.2. The molecule has 0 amide bonds. The van der Waals surface area contributed by atoms with E-state index in [1.54, 1.807) is 0 Å². The maximum absolute atomic E-state index is 12.5. The Morgan fingerprint density at radius 3 is 1.57 bits per heavy atom. The van der Waals surface area contributed by atoms with Gasteiger partial charge in [0.15, 0.2) is 6.29 Å². The lowest BCUT2D eigenvalue weighted by Crippen LogP contribution is -2.62. The zero-order valence-corrected chi connectivity index (χ0v) is 26.6. The van der Waals surface area contributed by atoms with Crippen molar-refractivity contribution in [2.75, 3.05) is 19.8 Å². The Balaban J connectivity index is 1.64. The second-order valence-electron chi connectivity index (χ2n) is 12.5. The first-order valence-electron chi connectivity index (χ1n) is 17.0. The van der Waals surface area contributed by atoms with E-state index in [0.717, 1.165) is 19.3 Å². The zero-order chi connectivity index (χ0) is 32.4. The number of ether oxygens (including phenoxy) is 4. The van der Waals surface area contributed by atoms with Crippen LogP contribution in [0, 0.1) is 0 Å². The van der Waals surface area contributed by atoms with E-state index in [9.17, 15) is 40.5 Å². The predicted octanol–water partition coefficient (Wildman–Crippen LogP) is 2.20. The highest BCUT2D eigenvalue weighted by Crippen LogP contribution is 2.36. The van der Waals surface area contributed by atoms with E-state index >= 15 is 0 Å². The van der Waals surface area contributed by atoms with Gasteiger partial charge in [-0.05, 0) is 6.42 Å². The molecule has 0 aromatic heterocycles. The van der Waals surface area contributed by atoms with Crippen molar-refractivity contribution in [2.45, 2.75) is 177 Å². The van der Waals surface area contributed by atoms with Crippen molar-refractivity contribution in [3.63, 3.8) is 0 Å². The third kappa shape index (κ3) is 12.7. The van der Waals surface area contributed by atoms with E-state index in [-0.39, 0.29) is 6.42 Å². The van der Waals surface area contributed by atoms with Crippen molar-refractivity contribution in [1.82, 2.24) is 0 Å². The highest BCUT2D eigenvalue weighted by atomic mass is 16.8. The van der Waals surface area contributed by atoms with Gasteiger partial charge in [-0.15, -0.1) is 0 Å². The quantitative estimate of drug-likeness (QED) is 0.0604. The zero-order valence-electron chi connectivity index (χ0n) is 26.6. The molecule has 2 fully saturated rings. The van der Waals surface area contributed by atoms with Crippen LogP contribution in [0.5, 0.6) is 0 Å². The van der Waals surface area contributed by atoms with Crippen molar-refractivity contribution < 1.29 is 59.5 Å². The molecule has 0 unspecified atom stereocenters. The van der Waals surface area contributed by atoms with Gasteiger partial charge >= 0.3 is 5.97 Å². The van der Waals surface area contributed by atoms with Crippen LogP contribution in [0.25, 0.3) is 0 Å². The van der Waals surface area contributed by atoms with Crippen molar-refractivity contribution >= 4 is 5.97 Å². The predicted molar refractivity (Wildman–Crippen MR) is 161 cm³/mol. The molecule has 2 heterocycles. The van der Waals surface area contributed by atoms with Crippen molar-refractivity contribution in [3.05, 3.63) is 0 Å². The molecule has 12 heteroatoms. The summed E-state index contributed by atoms with van der Waals surface area (Å²) in [4.78, 5) is 12.5. The second kappa shape index (κ2) is 21.8. The van der Waals surface area contributed by atoms with Crippen LogP contribution in [-0.2, 0) is 23.7 Å². The van der Waals surface area contributed by atoms with Crippen LogP contribution >= 0.6 is 0 Å². The lowest BCUT2D eigenvalue weighted by Gasteiger charge is -2.43. The van der Waals surface area contributed by atoms with Crippen molar-refractivity contribution in [2.24, 2.45) is 0 Å². The molecule has 2 aliphatic rings. The summed E-state index contributed by atoms with van der Waals surface area (Å²) in [6.07, 6.45) is 7.97. The van der Waals surface area contributed by atoms with Crippen LogP contribution in [0.3, 0.4) is 0 Å². The van der Waals surface area contributed by atoms with Gasteiger partial charge in [0.05, 0.1) is 13.2 Å². The first-order valence-corrected chi connectivity index (χ1v) is 17.0. The molecule has 0 bridgehead atoms. The summed E-state index contributed by atoms with van der Waals surface area (Å²) in [6.45, 7) is 0.149. The summed E-state index contributed by atoms with van der Waals surface area (Å²) in [5.74, 6) is -2.83. The summed E-state index contributed by atoms with van der Waals surface area (Å²) in [5.41, 5.74) is 0.